The number of hydrogen-bond donors (Lipinski definition) is 0. The minimum atomic E-state index is -1.99. The van der Waals surface area contributed by atoms with Gasteiger partial charge in [-0.25, -0.2) is 4.79 Å². The summed E-state index contributed by atoms with van der Waals surface area (Å²) in [4.78, 5) is 12.2. The van der Waals surface area contributed by atoms with E-state index in [4.69, 9.17) is 23.4 Å². The molecule has 0 bridgehead atoms. The monoisotopic (exact) mass is 410 g/mol. The lowest BCUT2D eigenvalue weighted by Gasteiger charge is -2.39. The summed E-state index contributed by atoms with van der Waals surface area (Å²) in [5, 5.41) is 0.0853. The molecule has 2 rings (SSSR count). The molecule has 0 aliphatic carbocycles. The van der Waals surface area contributed by atoms with Gasteiger partial charge >= 0.3 is 5.97 Å². The number of ether oxygens (including phenoxy) is 4. The fourth-order valence-corrected chi connectivity index (χ4v) is 4.01. The average Bonchev–Trinajstić information content (AvgIpc) is 3.01. The summed E-state index contributed by atoms with van der Waals surface area (Å²) in [6, 6.07) is 8.95. The molecular weight excluding hydrogens is 376 g/mol. The van der Waals surface area contributed by atoms with E-state index in [1.54, 1.807) is 19.2 Å². The Bertz CT molecular complexity index is 613. The summed E-state index contributed by atoms with van der Waals surface area (Å²) in [6.45, 7) is 12.1. The molecule has 0 amide bonds. The molecule has 3 atom stereocenters. The zero-order valence-corrected chi connectivity index (χ0v) is 18.9. The molecule has 1 saturated heterocycles. The number of rotatable bonds is 9. The van der Waals surface area contributed by atoms with Crippen LogP contribution in [0.5, 0.6) is 0 Å². The first-order valence-corrected chi connectivity index (χ1v) is 12.7. The van der Waals surface area contributed by atoms with Crippen LogP contribution in [0.2, 0.25) is 18.1 Å². The van der Waals surface area contributed by atoms with Crippen molar-refractivity contribution in [2.24, 2.45) is 0 Å². The van der Waals surface area contributed by atoms with Gasteiger partial charge in [0.25, 0.3) is 0 Å². The first-order chi connectivity index (χ1) is 13.1. The lowest BCUT2D eigenvalue weighted by Crippen LogP contribution is -2.46. The first kappa shape index (κ1) is 23.0. The van der Waals surface area contributed by atoms with Crippen LogP contribution in [0.15, 0.2) is 30.3 Å². The number of hydrogen-bond acceptors (Lipinski definition) is 6. The van der Waals surface area contributed by atoms with Crippen LogP contribution in [0, 0.1) is 0 Å². The molecule has 1 heterocycles. The topological polar surface area (TPSA) is 63.2 Å². The van der Waals surface area contributed by atoms with Gasteiger partial charge < -0.3 is 23.4 Å². The van der Waals surface area contributed by atoms with E-state index in [1.807, 2.05) is 18.2 Å². The lowest BCUT2D eigenvalue weighted by atomic mass is 10.2. The largest absolute Gasteiger partial charge is 0.459 e. The molecule has 1 unspecified atom stereocenters. The van der Waals surface area contributed by atoms with Crippen LogP contribution in [0.3, 0.4) is 0 Å². The van der Waals surface area contributed by atoms with Gasteiger partial charge in [0, 0.05) is 13.5 Å². The minimum absolute atomic E-state index is 0.0853. The van der Waals surface area contributed by atoms with Gasteiger partial charge in [0.2, 0.25) is 0 Å². The van der Waals surface area contributed by atoms with Crippen molar-refractivity contribution in [3.63, 3.8) is 0 Å². The predicted octanol–water partition coefficient (Wildman–Crippen LogP) is 4.01. The van der Waals surface area contributed by atoms with Crippen LogP contribution in [-0.4, -0.2) is 59.7 Å². The van der Waals surface area contributed by atoms with Crippen molar-refractivity contribution in [2.75, 3.05) is 26.9 Å². The lowest BCUT2D eigenvalue weighted by molar-refractivity contribution is -0.172. The molecule has 1 aliphatic heterocycles. The van der Waals surface area contributed by atoms with Crippen molar-refractivity contribution >= 4 is 14.3 Å². The number of benzene rings is 1. The van der Waals surface area contributed by atoms with E-state index in [2.05, 4.69) is 33.9 Å². The van der Waals surface area contributed by atoms with Crippen molar-refractivity contribution in [3.8, 4) is 0 Å². The number of methoxy groups -OCH3 is 1. The Morgan fingerprint density at radius 1 is 1.18 bits per heavy atom. The summed E-state index contributed by atoms with van der Waals surface area (Å²) in [6.07, 6.45) is -0.287. The second-order valence-corrected chi connectivity index (χ2v) is 13.4. The van der Waals surface area contributed by atoms with Crippen LogP contribution in [-0.2, 0) is 23.4 Å². The third kappa shape index (κ3) is 6.39. The van der Waals surface area contributed by atoms with Gasteiger partial charge in [0.1, 0.15) is 6.61 Å². The van der Waals surface area contributed by atoms with E-state index >= 15 is 0 Å². The van der Waals surface area contributed by atoms with E-state index in [0.29, 0.717) is 25.2 Å². The Morgan fingerprint density at radius 2 is 1.86 bits per heavy atom. The molecule has 0 aromatic heterocycles. The van der Waals surface area contributed by atoms with Crippen LogP contribution >= 0.6 is 0 Å². The van der Waals surface area contributed by atoms with Gasteiger partial charge in [-0.15, -0.1) is 0 Å². The fraction of sp³-hybridized carbons (Fsp3) is 0.667. The van der Waals surface area contributed by atoms with Crippen molar-refractivity contribution < 1.29 is 28.2 Å². The van der Waals surface area contributed by atoms with Crippen LogP contribution < -0.4 is 0 Å². The van der Waals surface area contributed by atoms with Gasteiger partial charge in [-0.1, -0.05) is 39.0 Å². The highest BCUT2D eigenvalue weighted by molar-refractivity contribution is 6.74. The Morgan fingerprint density at radius 3 is 2.46 bits per heavy atom. The van der Waals surface area contributed by atoms with Crippen molar-refractivity contribution in [3.05, 3.63) is 35.9 Å². The van der Waals surface area contributed by atoms with Crippen molar-refractivity contribution in [1.82, 2.24) is 0 Å². The SMILES string of the molecule is COCCOC1O[C@H](COC(=O)c2ccccc2)C[C@H]1O[Si](C)(C)C(C)(C)C. The Kier molecular flexibility index (Phi) is 8.21. The highest BCUT2D eigenvalue weighted by Crippen LogP contribution is 2.39. The summed E-state index contributed by atoms with van der Waals surface area (Å²) in [5.74, 6) is -0.352. The second-order valence-electron chi connectivity index (χ2n) is 8.61. The fourth-order valence-electron chi connectivity index (χ4n) is 2.69. The van der Waals surface area contributed by atoms with E-state index in [0.717, 1.165) is 0 Å². The molecule has 0 radical (unpaired) electrons. The Hall–Kier alpha value is -1.25. The molecule has 1 fully saturated rings. The summed E-state index contributed by atoms with van der Waals surface area (Å²) >= 11 is 0. The normalized spacial score (nSPS) is 23.0. The first-order valence-electron chi connectivity index (χ1n) is 9.80. The van der Waals surface area contributed by atoms with Gasteiger partial charge in [0.15, 0.2) is 14.6 Å². The standard InChI is InChI=1S/C21H34O6Si/c1-21(2,3)28(5,6)27-18-14-17(26-20(18)24-13-12-23-4)15-25-19(22)16-10-8-7-9-11-16/h7-11,17-18,20H,12-15H2,1-6H3/t17-,18+,20?/m0/s1. The summed E-state index contributed by atoms with van der Waals surface area (Å²) < 4.78 is 28.9. The minimum Gasteiger partial charge on any atom is -0.459 e. The third-order valence-electron chi connectivity index (χ3n) is 5.36. The number of esters is 1. The molecule has 0 saturated carbocycles. The molecule has 158 valence electrons. The van der Waals surface area contributed by atoms with Gasteiger partial charge in [0.05, 0.1) is 31.0 Å². The quantitative estimate of drug-likeness (QED) is 0.348. The van der Waals surface area contributed by atoms with E-state index in [1.165, 1.54) is 0 Å². The van der Waals surface area contributed by atoms with E-state index < -0.39 is 14.6 Å². The smallest absolute Gasteiger partial charge is 0.338 e. The average molecular weight is 411 g/mol. The maximum absolute atomic E-state index is 12.2. The predicted molar refractivity (Wildman–Crippen MR) is 110 cm³/mol. The van der Waals surface area contributed by atoms with Crippen molar-refractivity contribution in [1.29, 1.82) is 0 Å². The maximum Gasteiger partial charge on any atom is 0.338 e. The molecule has 1 aliphatic rings. The number of carbonyl (C=O) groups excluding carboxylic acids is 1. The molecule has 0 N–H and O–H groups in total. The van der Waals surface area contributed by atoms with Gasteiger partial charge in [-0.3, -0.25) is 0 Å². The molecule has 1 aromatic rings. The van der Waals surface area contributed by atoms with Crippen LogP contribution in [0.1, 0.15) is 37.6 Å². The summed E-state index contributed by atoms with van der Waals surface area (Å²) in [5.41, 5.74) is 0.530. The summed E-state index contributed by atoms with van der Waals surface area (Å²) in [7, 11) is -0.352. The third-order valence-corrected chi connectivity index (χ3v) is 9.86. The van der Waals surface area contributed by atoms with E-state index in [-0.39, 0.29) is 29.8 Å². The van der Waals surface area contributed by atoms with Gasteiger partial charge in [-0.05, 0) is 30.3 Å². The van der Waals surface area contributed by atoms with Crippen LogP contribution in [0.25, 0.3) is 0 Å². The molecular formula is C21H34O6Si. The highest BCUT2D eigenvalue weighted by atomic mass is 28.4. The number of carbonyl (C=O) groups is 1. The molecule has 0 spiro atoms. The van der Waals surface area contributed by atoms with Gasteiger partial charge in [-0.2, -0.15) is 0 Å². The zero-order valence-electron chi connectivity index (χ0n) is 17.9. The maximum atomic E-state index is 12.2. The molecule has 28 heavy (non-hydrogen) atoms. The highest BCUT2D eigenvalue weighted by Gasteiger charge is 2.45. The van der Waals surface area contributed by atoms with E-state index in [9.17, 15) is 4.79 Å². The zero-order chi connectivity index (χ0) is 20.8. The molecule has 1 aromatic carbocycles. The molecule has 7 heteroatoms. The Labute approximate surface area is 169 Å². The Balaban J connectivity index is 1.96. The second kappa shape index (κ2) is 9.98. The van der Waals surface area contributed by atoms with Crippen LogP contribution in [0.4, 0.5) is 0 Å². The molecule has 6 nitrogen and oxygen atoms in total. The van der Waals surface area contributed by atoms with Crippen molar-refractivity contribution in [2.45, 2.75) is 63.8 Å².